The maximum atomic E-state index is 5.87. The van der Waals surface area contributed by atoms with Gasteiger partial charge in [0, 0.05) is 5.75 Å². The average molecular weight is 407 g/mol. The van der Waals surface area contributed by atoms with Crippen molar-refractivity contribution in [2.24, 2.45) is 5.10 Å². The Morgan fingerprint density at radius 1 is 0.966 bits per heavy atom. The first-order valence-corrected chi connectivity index (χ1v) is 10.8. The zero-order valence-corrected chi connectivity index (χ0v) is 17.1. The molecular weight excluding hydrogens is 384 g/mol. The van der Waals surface area contributed by atoms with Crippen LogP contribution < -0.4 is 9.47 Å². The second-order valence-electron chi connectivity index (χ2n) is 7.20. The fourth-order valence-electron chi connectivity index (χ4n) is 3.73. The van der Waals surface area contributed by atoms with E-state index >= 15 is 0 Å². The van der Waals surface area contributed by atoms with Crippen molar-refractivity contribution in [1.82, 2.24) is 14.9 Å². The molecule has 5 rings (SSSR count). The second-order valence-corrected chi connectivity index (χ2v) is 8.14. The van der Waals surface area contributed by atoms with E-state index in [1.165, 1.54) is 42.4 Å². The van der Waals surface area contributed by atoms with Crippen molar-refractivity contribution in [2.75, 3.05) is 12.9 Å². The van der Waals surface area contributed by atoms with Crippen LogP contribution >= 0.6 is 11.8 Å². The third-order valence-corrected chi connectivity index (χ3v) is 6.28. The van der Waals surface area contributed by atoms with Crippen molar-refractivity contribution in [1.29, 1.82) is 0 Å². The number of thioether (sulfide) groups is 1. The minimum absolute atomic E-state index is 0.306. The van der Waals surface area contributed by atoms with Crippen LogP contribution in [0.2, 0.25) is 0 Å². The van der Waals surface area contributed by atoms with E-state index in [1.54, 1.807) is 18.9 Å². The van der Waals surface area contributed by atoms with Crippen molar-refractivity contribution < 1.29 is 9.47 Å². The highest BCUT2D eigenvalue weighted by atomic mass is 32.2. The SMILES string of the molecule is COc1ccc(OCc2nnc3n2N=C(c2ccc4c(c2)CCCC4)CS3)cc1. The zero-order chi connectivity index (χ0) is 19.6. The van der Waals surface area contributed by atoms with Gasteiger partial charge < -0.3 is 9.47 Å². The summed E-state index contributed by atoms with van der Waals surface area (Å²) in [5.41, 5.74) is 5.21. The molecule has 6 nitrogen and oxygen atoms in total. The van der Waals surface area contributed by atoms with E-state index < -0.39 is 0 Å². The molecule has 0 unspecified atom stereocenters. The first-order chi connectivity index (χ1) is 14.3. The van der Waals surface area contributed by atoms with Gasteiger partial charge in [-0.2, -0.15) is 9.78 Å². The molecule has 0 radical (unpaired) electrons. The number of methoxy groups -OCH3 is 1. The number of aromatic nitrogens is 3. The Hall–Kier alpha value is -2.80. The summed E-state index contributed by atoms with van der Waals surface area (Å²) in [5.74, 6) is 3.05. The van der Waals surface area contributed by atoms with E-state index in [9.17, 15) is 0 Å². The van der Waals surface area contributed by atoms with Gasteiger partial charge in [0.25, 0.3) is 0 Å². The average Bonchev–Trinajstić information content (AvgIpc) is 3.20. The highest BCUT2D eigenvalue weighted by molar-refractivity contribution is 7.99. The third kappa shape index (κ3) is 3.74. The van der Waals surface area contributed by atoms with Gasteiger partial charge in [0.15, 0.2) is 5.82 Å². The lowest BCUT2D eigenvalue weighted by atomic mass is 9.90. The van der Waals surface area contributed by atoms with E-state index in [-0.39, 0.29) is 0 Å². The normalized spacial score (nSPS) is 15.3. The molecule has 0 atom stereocenters. The van der Waals surface area contributed by atoms with Gasteiger partial charge in [-0.1, -0.05) is 23.9 Å². The van der Waals surface area contributed by atoms with Crippen molar-refractivity contribution in [3.8, 4) is 11.5 Å². The number of fused-ring (bicyclic) bond motifs is 2. The summed E-state index contributed by atoms with van der Waals surface area (Å²) < 4.78 is 12.9. The van der Waals surface area contributed by atoms with Crippen molar-refractivity contribution in [2.45, 2.75) is 37.4 Å². The predicted molar refractivity (Wildman–Crippen MR) is 113 cm³/mol. The lowest BCUT2D eigenvalue weighted by molar-refractivity contribution is 0.289. The van der Waals surface area contributed by atoms with Gasteiger partial charge in [-0.3, -0.25) is 0 Å². The maximum Gasteiger partial charge on any atom is 0.212 e. The number of hydrogen-bond acceptors (Lipinski definition) is 6. The molecule has 148 valence electrons. The molecule has 7 heteroatoms. The van der Waals surface area contributed by atoms with E-state index in [4.69, 9.17) is 14.6 Å². The summed E-state index contributed by atoms with van der Waals surface area (Å²) in [5, 5.41) is 14.2. The number of aryl methyl sites for hydroxylation is 2. The monoisotopic (exact) mass is 406 g/mol. The summed E-state index contributed by atoms with van der Waals surface area (Å²) in [6, 6.07) is 14.3. The summed E-state index contributed by atoms with van der Waals surface area (Å²) >= 11 is 1.66. The molecule has 0 spiro atoms. The topological polar surface area (TPSA) is 61.5 Å². The number of ether oxygens (including phenoxy) is 2. The van der Waals surface area contributed by atoms with Crippen LogP contribution in [0.4, 0.5) is 0 Å². The Morgan fingerprint density at radius 2 is 1.76 bits per heavy atom. The standard InChI is InChI=1S/C22H22N4O2S/c1-27-18-8-10-19(11-9-18)28-13-21-23-24-22-26(21)25-20(14-29-22)17-7-6-15-4-2-3-5-16(15)12-17/h6-12H,2-5,13-14H2,1H3. The first-order valence-electron chi connectivity index (χ1n) is 9.84. The fourth-order valence-corrected chi connectivity index (χ4v) is 4.59. The molecule has 0 bridgehead atoms. The van der Waals surface area contributed by atoms with E-state index in [0.717, 1.165) is 28.1 Å². The van der Waals surface area contributed by atoms with Crippen LogP contribution in [-0.2, 0) is 19.4 Å². The maximum absolute atomic E-state index is 5.87. The molecule has 2 aromatic carbocycles. The molecule has 1 aromatic heterocycles. The van der Waals surface area contributed by atoms with Gasteiger partial charge in [-0.05, 0) is 72.7 Å². The van der Waals surface area contributed by atoms with E-state index in [2.05, 4.69) is 28.4 Å². The minimum Gasteiger partial charge on any atom is -0.497 e. The van der Waals surface area contributed by atoms with Gasteiger partial charge in [-0.15, -0.1) is 10.2 Å². The van der Waals surface area contributed by atoms with Gasteiger partial charge in [-0.25, -0.2) is 0 Å². The lowest BCUT2D eigenvalue weighted by Crippen LogP contribution is -2.16. The number of benzene rings is 2. The summed E-state index contributed by atoms with van der Waals surface area (Å²) in [7, 11) is 1.65. The largest absolute Gasteiger partial charge is 0.497 e. The molecule has 3 aromatic rings. The Bertz CT molecular complexity index is 1060. The van der Waals surface area contributed by atoms with E-state index in [1.807, 2.05) is 28.9 Å². The molecule has 2 heterocycles. The van der Waals surface area contributed by atoms with Crippen molar-refractivity contribution in [3.05, 3.63) is 65.0 Å². The van der Waals surface area contributed by atoms with Crippen molar-refractivity contribution in [3.63, 3.8) is 0 Å². The molecule has 2 aliphatic rings. The second kappa shape index (κ2) is 7.91. The highest BCUT2D eigenvalue weighted by Crippen LogP contribution is 2.27. The Labute approximate surface area is 173 Å². The number of rotatable bonds is 5. The van der Waals surface area contributed by atoms with Crippen LogP contribution in [0.1, 0.15) is 35.4 Å². The molecule has 29 heavy (non-hydrogen) atoms. The molecule has 0 N–H and O–H groups in total. The molecule has 0 saturated heterocycles. The van der Waals surface area contributed by atoms with Crippen LogP contribution in [0.3, 0.4) is 0 Å². The fraction of sp³-hybridized carbons (Fsp3) is 0.318. The molecule has 0 saturated carbocycles. The Kier molecular flexibility index (Phi) is 4.97. The number of nitrogens with zero attached hydrogens (tertiary/aromatic N) is 4. The summed E-state index contributed by atoms with van der Waals surface area (Å²) in [6.07, 6.45) is 4.94. The van der Waals surface area contributed by atoms with E-state index in [0.29, 0.717) is 12.4 Å². The lowest BCUT2D eigenvalue weighted by Gasteiger charge is -2.18. The van der Waals surface area contributed by atoms with Crippen LogP contribution in [0.25, 0.3) is 0 Å². The van der Waals surface area contributed by atoms with Crippen molar-refractivity contribution >= 4 is 17.5 Å². The first kappa shape index (κ1) is 18.2. The van der Waals surface area contributed by atoms with Crippen LogP contribution in [0.15, 0.2) is 52.7 Å². The predicted octanol–water partition coefficient (Wildman–Crippen LogP) is 4.10. The molecular formula is C22H22N4O2S. The summed E-state index contributed by atoms with van der Waals surface area (Å²) in [6.45, 7) is 0.306. The van der Waals surface area contributed by atoms with Crippen LogP contribution in [0.5, 0.6) is 11.5 Å². The zero-order valence-electron chi connectivity index (χ0n) is 16.3. The van der Waals surface area contributed by atoms with Crippen LogP contribution in [0, 0.1) is 0 Å². The molecule has 1 aliphatic heterocycles. The Morgan fingerprint density at radius 3 is 2.59 bits per heavy atom. The van der Waals surface area contributed by atoms with Crippen LogP contribution in [-0.4, -0.2) is 33.4 Å². The summed E-state index contributed by atoms with van der Waals surface area (Å²) in [4.78, 5) is 0. The smallest absolute Gasteiger partial charge is 0.212 e. The number of hydrogen-bond donors (Lipinski definition) is 0. The van der Waals surface area contributed by atoms with Gasteiger partial charge >= 0.3 is 0 Å². The quantitative estimate of drug-likeness (QED) is 0.638. The van der Waals surface area contributed by atoms with Gasteiger partial charge in [0.05, 0.1) is 12.8 Å². The van der Waals surface area contributed by atoms with Gasteiger partial charge in [0.1, 0.15) is 18.1 Å². The molecule has 0 fully saturated rings. The minimum atomic E-state index is 0.306. The Balaban J connectivity index is 1.37. The highest BCUT2D eigenvalue weighted by Gasteiger charge is 2.21. The van der Waals surface area contributed by atoms with Gasteiger partial charge in [0.2, 0.25) is 5.16 Å². The third-order valence-electron chi connectivity index (χ3n) is 5.34. The molecule has 1 aliphatic carbocycles. The molecule has 0 amide bonds.